The Hall–Kier alpha value is -0.0900. The first-order chi connectivity index (χ1) is 5.15. The van der Waals surface area contributed by atoms with Gasteiger partial charge in [-0.25, -0.2) is 8.78 Å². The summed E-state index contributed by atoms with van der Waals surface area (Å²) in [6.45, 7) is 0. The van der Waals surface area contributed by atoms with Crippen molar-refractivity contribution in [2.45, 2.75) is 4.90 Å². The van der Waals surface area contributed by atoms with Crippen LogP contribution in [0.5, 0.6) is 0 Å². The molecule has 0 aliphatic rings. The van der Waals surface area contributed by atoms with E-state index >= 15 is 0 Å². The van der Waals surface area contributed by atoms with E-state index in [4.69, 9.17) is 0 Å². The first-order valence-corrected chi connectivity index (χ1v) is 4.85. The topological polar surface area (TPSA) is 0 Å². The zero-order chi connectivity index (χ0) is 8.43. The standard InChI is InChI=1S/C7H5BrF2S/c1-11-7-5(8)2-4(9)3-6(7)10/h2-3H,1H3. The molecule has 0 saturated carbocycles. The van der Waals surface area contributed by atoms with Crippen molar-refractivity contribution in [3.63, 3.8) is 0 Å². The highest BCUT2D eigenvalue weighted by molar-refractivity contribution is 9.10. The van der Waals surface area contributed by atoms with E-state index in [2.05, 4.69) is 15.9 Å². The van der Waals surface area contributed by atoms with Crippen molar-refractivity contribution in [3.05, 3.63) is 28.2 Å². The second-order valence-electron chi connectivity index (χ2n) is 1.90. The van der Waals surface area contributed by atoms with Gasteiger partial charge in [0.2, 0.25) is 0 Å². The van der Waals surface area contributed by atoms with Gasteiger partial charge < -0.3 is 0 Å². The van der Waals surface area contributed by atoms with Gasteiger partial charge in [-0.05, 0) is 28.3 Å². The number of halogens is 3. The summed E-state index contributed by atoms with van der Waals surface area (Å²) in [5, 5.41) is 0. The minimum Gasteiger partial charge on any atom is -0.207 e. The minimum absolute atomic E-state index is 0.436. The summed E-state index contributed by atoms with van der Waals surface area (Å²) in [5.74, 6) is -1.09. The fraction of sp³-hybridized carbons (Fsp3) is 0.143. The lowest BCUT2D eigenvalue weighted by Crippen LogP contribution is -1.84. The number of thioether (sulfide) groups is 1. The predicted octanol–water partition coefficient (Wildman–Crippen LogP) is 3.45. The number of benzene rings is 1. The largest absolute Gasteiger partial charge is 0.207 e. The van der Waals surface area contributed by atoms with E-state index < -0.39 is 11.6 Å². The summed E-state index contributed by atoms with van der Waals surface area (Å²) in [4.78, 5) is 0.436. The van der Waals surface area contributed by atoms with Crippen LogP contribution in [0.1, 0.15) is 0 Å². The van der Waals surface area contributed by atoms with Gasteiger partial charge in [0, 0.05) is 10.5 Å². The normalized spacial score (nSPS) is 10.2. The number of hydrogen-bond acceptors (Lipinski definition) is 1. The molecule has 11 heavy (non-hydrogen) atoms. The van der Waals surface area contributed by atoms with Gasteiger partial charge in [-0.3, -0.25) is 0 Å². The Bertz CT molecular complexity index is 252. The van der Waals surface area contributed by atoms with Crippen LogP contribution in [0.4, 0.5) is 8.78 Å². The molecule has 0 aliphatic carbocycles. The second-order valence-corrected chi connectivity index (χ2v) is 3.57. The summed E-state index contributed by atoms with van der Waals surface area (Å²) in [6.07, 6.45) is 1.74. The van der Waals surface area contributed by atoms with E-state index in [9.17, 15) is 8.78 Å². The van der Waals surface area contributed by atoms with Gasteiger partial charge in [-0.2, -0.15) is 0 Å². The van der Waals surface area contributed by atoms with Crippen LogP contribution in [0.15, 0.2) is 21.5 Å². The van der Waals surface area contributed by atoms with Gasteiger partial charge in [-0.15, -0.1) is 11.8 Å². The molecule has 0 unspecified atom stereocenters. The lowest BCUT2D eigenvalue weighted by molar-refractivity contribution is 0.563. The predicted molar refractivity (Wildman–Crippen MR) is 45.8 cm³/mol. The van der Waals surface area contributed by atoms with E-state index in [-0.39, 0.29) is 0 Å². The summed E-state index contributed by atoms with van der Waals surface area (Å²) < 4.78 is 25.7. The van der Waals surface area contributed by atoms with Crippen molar-refractivity contribution in [2.24, 2.45) is 0 Å². The molecule has 0 heterocycles. The van der Waals surface area contributed by atoms with Gasteiger partial charge in [0.1, 0.15) is 11.6 Å². The molecule has 1 rings (SSSR count). The molecule has 4 heteroatoms. The van der Waals surface area contributed by atoms with Crippen LogP contribution < -0.4 is 0 Å². The molecule has 0 radical (unpaired) electrons. The van der Waals surface area contributed by atoms with Crippen LogP contribution >= 0.6 is 27.7 Å². The third-order valence-electron chi connectivity index (χ3n) is 1.17. The van der Waals surface area contributed by atoms with Gasteiger partial charge in [0.05, 0.1) is 4.90 Å². The molecule has 0 aromatic heterocycles. The zero-order valence-corrected chi connectivity index (χ0v) is 8.10. The van der Waals surface area contributed by atoms with Crippen LogP contribution in [0.2, 0.25) is 0 Å². The van der Waals surface area contributed by atoms with E-state index in [1.54, 1.807) is 6.26 Å². The summed E-state index contributed by atoms with van der Waals surface area (Å²) in [7, 11) is 0. The maximum absolute atomic E-state index is 12.8. The molecule has 0 N–H and O–H groups in total. The molecular weight excluding hydrogens is 234 g/mol. The first-order valence-electron chi connectivity index (χ1n) is 2.83. The Morgan fingerprint density at radius 1 is 1.36 bits per heavy atom. The molecule has 0 atom stereocenters. The summed E-state index contributed by atoms with van der Waals surface area (Å²) in [6, 6.07) is 2.12. The Balaban J connectivity index is 3.25. The average Bonchev–Trinajstić information content (AvgIpc) is 1.85. The molecule has 1 aromatic carbocycles. The molecule has 0 bridgehead atoms. The van der Waals surface area contributed by atoms with Crippen molar-refractivity contribution < 1.29 is 8.78 Å². The molecular formula is C7H5BrF2S. The van der Waals surface area contributed by atoms with E-state index in [1.165, 1.54) is 17.8 Å². The molecule has 60 valence electrons. The van der Waals surface area contributed by atoms with Crippen molar-refractivity contribution in [2.75, 3.05) is 6.26 Å². The molecule has 0 amide bonds. The second kappa shape index (κ2) is 3.54. The molecule has 0 fully saturated rings. The van der Waals surface area contributed by atoms with E-state index in [0.717, 1.165) is 6.07 Å². The van der Waals surface area contributed by atoms with Gasteiger partial charge in [0.25, 0.3) is 0 Å². The van der Waals surface area contributed by atoms with Crippen LogP contribution in [0.25, 0.3) is 0 Å². The quantitative estimate of drug-likeness (QED) is 0.676. The zero-order valence-electron chi connectivity index (χ0n) is 5.70. The highest BCUT2D eigenvalue weighted by Crippen LogP contribution is 2.29. The smallest absolute Gasteiger partial charge is 0.140 e. The monoisotopic (exact) mass is 238 g/mol. The van der Waals surface area contributed by atoms with Crippen molar-refractivity contribution in [1.29, 1.82) is 0 Å². The summed E-state index contributed by atoms with van der Waals surface area (Å²) >= 11 is 4.30. The maximum atomic E-state index is 12.8. The molecule has 1 aromatic rings. The van der Waals surface area contributed by atoms with Crippen LogP contribution in [0, 0.1) is 11.6 Å². The Labute approximate surface area is 76.1 Å². The SMILES string of the molecule is CSc1c(F)cc(F)cc1Br. The number of rotatable bonds is 1. The van der Waals surface area contributed by atoms with E-state index in [0.29, 0.717) is 9.37 Å². The highest BCUT2D eigenvalue weighted by atomic mass is 79.9. The lowest BCUT2D eigenvalue weighted by atomic mass is 10.3. The van der Waals surface area contributed by atoms with Gasteiger partial charge >= 0.3 is 0 Å². The Morgan fingerprint density at radius 3 is 2.45 bits per heavy atom. The van der Waals surface area contributed by atoms with Crippen LogP contribution in [-0.2, 0) is 0 Å². The molecule has 0 nitrogen and oxygen atoms in total. The molecule has 0 aliphatic heterocycles. The van der Waals surface area contributed by atoms with Crippen molar-refractivity contribution >= 4 is 27.7 Å². The fourth-order valence-corrected chi connectivity index (χ4v) is 2.13. The maximum Gasteiger partial charge on any atom is 0.140 e. The fourth-order valence-electron chi connectivity index (χ4n) is 0.724. The van der Waals surface area contributed by atoms with Gasteiger partial charge in [0.15, 0.2) is 0 Å². The van der Waals surface area contributed by atoms with Crippen molar-refractivity contribution in [1.82, 2.24) is 0 Å². The minimum atomic E-state index is -0.563. The molecule has 0 spiro atoms. The Morgan fingerprint density at radius 2 is 2.00 bits per heavy atom. The average molecular weight is 239 g/mol. The van der Waals surface area contributed by atoms with E-state index in [1.807, 2.05) is 0 Å². The third-order valence-corrected chi connectivity index (χ3v) is 2.88. The Kier molecular flexibility index (Phi) is 2.90. The lowest BCUT2D eigenvalue weighted by Gasteiger charge is -2.01. The third kappa shape index (κ3) is 1.93. The molecule has 0 saturated heterocycles. The first kappa shape index (κ1) is 9.00. The summed E-state index contributed by atoms with van der Waals surface area (Å²) in [5.41, 5.74) is 0. The van der Waals surface area contributed by atoms with Crippen LogP contribution in [-0.4, -0.2) is 6.26 Å². The number of hydrogen-bond donors (Lipinski definition) is 0. The van der Waals surface area contributed by atoms with Gasteiger partial charge in [-0.1, -0.05) is 0 Å². The highest BCUT2D eigenvalue weighted by Gasteiger charge is 2.07. The van der Waals surface area contributed by atoms with Crippen molar-refractivity contribution in [3.8, 4) is 0 Å². The van der Waals surface area contributed by atoms with Crippen LogP contribution in [0.3, 0.4) is 0 Å².